The summed E-state index contributed by atoms with van der Waals surface area (Å²) in [5, 5.41) is 12.2. The summed E-state index contributed by atoms with van der Waals surface area (Å²) in [5.74, 6) is 0.789. The molecule has 0 unspecified atom stereocenters. The van der Waals surface area contributed by atoms with E-state index < -0.39 is 0 Å². The number of nitro groups is 1. The molecule has 1 saturated carbocycles. The van der Waals surface area contributed by atoms with Gasteiger partial charge in [-0.05, 0) is 42.9 Å². The molecule has 30 heavy (non-hydrogen) atoms. The number of non-ortho nitro benzene ring substituents is 1. The third kappa shape index (κ3) is 4.36. The Kier molecular flexibility index (Phi) is 6.37. The monoisotopic (exact) mass is 412 g/mol. The van der Waals surface area contributed by atoms with Gasteiger partial charge in [0.15, 0.2) is 0 Å². The first kappa shape index (κ1) is 20.8. The van der Waals surface area contributed by atoms with Crippen molar-refractivity contribution in [3.63, 3.8) is 0 Å². The van der Waals surface area contributed by atoms with Gasteiger partial charge in [-0.15, -0.1) is 0 Å². The first-order valence-corrected chi connectivity index (χ1v) is 11.3. The van der Waals surface area contributed by atoms with E-state index in [0.29, 0.717) is 12.3 Å². The number of fused-ring (bicyclic) bond motifs is 1. The zero-order valence-corrected chi connectivity index (χ0v) is 17.8. The summed E-state index contributed by atoms with van der Waals surface area (Å²) in [4.78, 5) is 31.9. The number of H-pyrrole nitrogens is 1. The minimum atomic E-state index is -0.343. The second-order valence-electron chi connectivity index (χ2n) is 8.75. The lowest BCUT2D eigenvalue weighted by Crippen LogP contribution is -2.48. The Hall–Kier alpha value is -2.41. The second kappa shape index (κ2) is 9.16. The molecule has 7 heteroatoms. The van der Waals surface area contributed by atoms with Gasteiger partial charge >= 0.3 is 0 Å². The number of rotatable bonds is 6. The van der Waals surface area contributed by atoms with Crippen LogP contribution in [-0.4, -0.2) is 58.3 Å². The van der Waals surface area contributed by atoms with E-state index >= 15 is 0 Å². The fourth-order valence-corrected chi connectivity index (χ4v) is 5.25. The molecular weight excluding hydrogens is 380 g/mol. The van der Waals surface area contributed by atoms with E-state index in [-0.39, 0.29) is 22.4 Å². The van der Waals surface area contributed by atoms with Crippen molar-refractivity contribution in [3.8, 4) is 0 Å². The Morgan fingerprint density at radius 1 is 1.20 bits per heavy atom. The molecule has 0 bridgehead atoms. The fraction of sp³-hybridized carbons (Fsp3) is 0.609. The van der Waals surface area contributed by atoms with Crippen LogP contribution < -0.4 is 0 Å². The summed E-state index contributed by atoms with van der Waals surface area (Å²) >= 11 is 0. The van der Waals surface area contributed by atoms with Crippen LogP contribution in [0.15, 0.2) is 24.4 Å². The zero-order valence-electron chi connectivity index (χ0n) is 17.8. The van der Waals surface area contributed by atoms with Crippen molar-refractivity contribution in [1.82, 2.24) is 14.8 Å². The summed E-state index contributed by atoms with van der Waals surface area (Å²) in [6.07, 6.45) is 8.39. The van der Waals surface area contributed by atoms with Crippen LogP contribution in [0.4, 0.5) is 5.69 Å². The van der Waals surface area contributed by atoms with Gasteiger partial charge in [0.2, 0.25) is 5.91 Å². The largest absolute Gasteiger partial charge is 0.361 e. The molecule has 1 N–H and O–H groups in total. The number of likely N-dealkylation sites (N-methyl/N-ethyl adjacent to an activating group) is 1. The Balaban J connectivity index is 1.60. The predicted octanol–water partition coefficient (Wildman–Crippen LogP) is 4.29. The molecule has 1 aliphatic heterocycles. The first-order valence-electron chi connectivity index (χ1n) is 11.3. The molecule has 7 nitrogen and oxygen atoms in total. The van der Waals surface area contributed by atoms with E-state index in [2.05, 4.69) is 16.8 Å². The van der Waals surface area contributed by atoms with Crippen LogP contribution in [0.3, 0.4) is 0 Å². The maximum absolute atomic E-state index is 13.2. The Bertz CT molecular complexity index is 895. The number of amides is 1. The van der Waals surface area contributed by atoms with Crippen molar-refractivity contribution in [2.45, 2.75) is 51.4 Å². The van der Waals surface area contributed by atoms with Gasteiger partial charge in [0, 0.05) is 61.8 Å². The SMILES string of the molecule is CCN1CCN(C(=O)C[C@H](c2c[nH]c3ccc([N+](=O)[O-])cc23)C2CCCCC2)CC1. The second-order valence-corrected chi connectivity index (χ2v) is 8.75. The summed E-state index contributed by atoms with van der Waals surface area (Å²) < 4.78 is 0. The number of carbonyl (C=O) groups excluding carboxylic acids is 1. The number of piperazine rings is 1. The molecule has 2 heterocycles. The minimum Gasteiger partial charge on any atom is -0.361 e. The van der Waals surface area contributed by atoms with Crippen LogP contribution in [0.2, 0.25) is 0 Å². The van der Waals surface area contributed by atoms with Crippen LogP contribution in [0.5, 0.6) is 0 Å². The Labute approximate surface area is 177 Å². The highest BCUT2D eigenvalue weighted by molar-refractivity contribution is 5.87. The molecule has 0 spiro atoms. The maximum atomic E-state index is 13.2. The third-order valence-corrected chi connectivity index (χ3v) is 7.09. The van der Waals surface area contributed by atoms with E-state index in [0.717, 1.165) is 62.0 Å². The van der Waals surface area contributed by atoms with Gasteiger partial charge in [-0.25, -0.2) is 0 Å². The molecule has 1 aromatic heterocycles. The quantitative estimate of drug-likeness (QED) is 0.567. The number of nitrogens with one attached hydrogen (secondary N) is 1. The molecular formula is C23H32N4O3. The van der Waals surface area contributed by atoms with Crippen molar-refractivity contribution in [2.24, 2.45) is 5.92 Å². The Morgan fingerprint density at radius 3 is 2.60 bits per heavy atom. The van der Waals surface area contributed by atoms with Crippen LogP contribution in [0, 0.1) is 16.0 Å². The molecule has 162 valence electrons. The van der Waals surface area contributed by atoms with Crippen LogP contribution in [-0.2, 0) is 4.79 Å². The standard InChI is InChI=1S/C23H32N4O3/c1-2-25-10-12-26(13-11-25)23(28)15-19(17-6-4-3-5-7-17)21-16-24-22-9-8-18(27(29)30)14-20(21)22/h8-9,14,16-17,19,24H,2-7,10-13,15H2,1H3/t19-/m0/s1. The van der Waals surface area contributed by atoms with Crippen LogP contribution >= 0.6 is 0 Å². The molecule has 2 aromatic rings. The molecule has 1 atom stereocenters. The number of aromatic amines is 1. The van der Waals surface area contributed by atoms with Crippen LogP contribution in [0.1, 0.15) is 56.9 Å². The normalized spacial score (nSPS) is 19.8. The molecule has 2 fully saturated rings. The van der Waals surface area contributed by atoms with Gasteiger partial charge in [-0.2, -0.15) is 0 Å². The predicted molar refractivity (Wildman–Crippen MR) is 118 cm³/mol. The maximum Gasteiger partial charge on any atom is 0.270 e. The van der Waals surface area contributed by atoms with Gasteiger partial charge in [0.1, 0.15) is 0 Å². The van der Waals surface area contributed by atoms with Gasteiger partial charge in [0.05, 0.1) is 4.92 Å². The number of benzene rings is 1. The van der Waals surface area contributed by atoms with Crippen molar-refractivity contribution in [1.29, 1.82) is 0 Å². The summed E-state index contributed by atoms with van der Waals surface area (Å²) in [5.41, 5.74) is 2.08. The lowest BCUT2D eigenvalue weighted by atomic mass is 9.75. The average Bonchev–Trinajstić information content (AvgIpc) is 3.21. The van der Waals surface area contributed by atoms with Crippen molar-refractivity contribution in [2.75, 3.05) is 32.7 Å². The van der Waals surface area contributed by atoms with Crippen LogP contribution in [0.25, 0.3) is 10.9 Å². The lowest BCUT2D eigenvalue weighted by molar-refractivity contribution is -0.384. The zero-order chi connectivity index (χ0) is 21.1. The molecule has 4 rings (SSSR count). The number of aromatic nitrogens is 1. The summed E-state index contributed by atoms with van der Waals surface area (Å²) in [6, 6.07) is 4.98. The number of hydrogen-bond donors (Lipinski definition) is 1. The highest BCUT2D eigenvalue weighted by Crippen LogP contribution is 2.41. The highest BCUT2D eigenvalue weighted by Gasteiger charge is 2.31. The number of nitro benzene ring substituents is 1. The fourth-order valence-electron chi connectivity index (χ4n) is 5.25. The average molecular weight is 413 g/mol. The van der Waals surface area contributed by atoms with Crippen molar-refractivity contribution in [3.05, 3.63) is 40.1 Å². The van der Waals surface area contributed by atoms with Gasteiger partial charge in [0.25, 0.3) is 5.69 Å². The van der Waals surface area contributed by atoms with E-state index in [1.165, 1.54) is 25.3 Å². The van der Waals surface area contributed by atoms with E-state index in [1.807, 2.05) is 11.1 Å². The van der Waals surface area contributed by atoms with Gasteiger partial charge in [-0.3, -0.25) is 14.9 Å². The van der Waals surface area contributed by atoms with Gasteiger partial charge in [-0.1, -0.05) is 26.2 Å². The van der Waals surface area contributed by atoms with Gasteiger partial charge < -0.3 is 14.8 Å². The highest BCUT2D eigenvalue weighted by atomic mass is 16.6. The molecule has 1 saturated heterocycles. The molecule has 1 amide bonds. The molecule has 1 aromatic carbocycles. The van der Waals surface area contributed by atoms with E-state index in [4.69, 9.17) is 0 Å². The molecule has 0 radical (unpaired) electrons. The minimum absolute atomic E-state index is 0.104. The third-order valence-electron chi connectivity index (χ3n) is 7.09. The number of hydrogen-bond acceptors (Lipinski definition) is 4. The van der Waals surface area contributed by atoms with Crippen molar-refractivity contribution >= 4 is 22.5 Å². The van der Waals surface area contributed by atoms with E-state index in [9.17, 15) is 14.9 Å². The topological polar surface area (TPSA) is 82.5 Å². The van der Waals surface area contributed by atoms with E-state index in [1.54, 1.807) is 12.1 Å². The summed E-state index contributed by atoms with van der Waals surface area (Å²) in [7, 11) is 0. The molecule has 2 aliphatic rings. The first-order chi connectivity index (χ1) is 14.6. The molecule has 1 aliphatic carbocycles. The lowest BCUT2D eigenvalue weighted by Gasteiger charge is -2.36. The van der Waals surface area contributed by atoms with Crippen molar-refractivity contribution < 1.29 is 9.72 Å². The number of carbonyl (C=O) groups is 1. The number of nitrogens with zero attached hydrogens (tertiary/aromatic N) is 3. The Morgan fingerprint density at radius 2 is 1.93 bits per heavy atom. The summed E-state index contributed by atoms with van der Waals surface area (Å²) in [6.45, 7) is 6.66. The smallest absolute Gasteiger partial charge is 0.270 e.